The quantitative estimate of drug-likeness (QED) is 0.280. The van der Waals surface area contributed by atoms with Crippen LogP contribution in [0, 0.1) is 35.3 Å². The molecule has 1 aromatic heterocycles. The Morgan fingerprint density at radius 2 is 2.06 bits per heavy atom. The molecular weight excluding hydrogens is 450 g/mol. The number of anilines is 1. The topological polar surface area (TPSA) is 123 Å². The van der Waals surface area contributed by atoms with Crippen molar-refractivity contribution in [1.82, 2.24) is 9.88 Å². The van der Waals surface area contributed by atoms with Gasteiger partial charge in [-0.2, -0.15) is 5.26 Å². The molecule has 3 heterocycles. The number of nitriles is 1. The summed E-state index contributed by atoms with van der Waals surface area (Å²) in [6.45, 7) is 7.08. The minimum absolute atomic E-state index is 0.00288. The molecule has 0 bridgehead atoms. The van der Waals surface area contributed by atoms with Crippen LogP contribution >= 0.6 is 0 Å². The molecule has 4 rings (SSSR count). The molecule has 2 fully saturated rings. The molecule has 0 aliphatic carbocycles. The molecule has 0 radical (unpaired) electrons. The lowest BCUT2D eigenvalue weighted by molar-refractivity contribution is -0.384. The number of aryl methyl sites for hydroxylation is 1. The number of nitrogens with zero attached hydrogens (tertiary/aromatic N) is 4. The van der Waals surface area contributed by atoms with Gasteiger partial charge in [0.25, 0.3) is 11.6 Å². The second-order valence-electron chi connectivity index (χ2n) is 8.71. The monoisotopic (exact) mass is 479 g/mol. The van der Waals surface area contributed by atoms with Crippen LogP contribution in [0.1, 0.15) is 29.8 Å². The zero-order valence-corrected chi connectivity index (χ0v) is 20.0. The first-order valence-electron chi connectivity index (χ1n) is 11.7. The maximum Gasteiger partial charge on any atom is 0.294 e. The van der Waals surface area contributed by atoms with Crippen molar-refractivity contribution >= 4 is 23.4 Å². The number of carbonyl (C=O) groups is 1. The van der Waals surface area contributed by atoms with E-state index in [2.05, 4.69) is 5.32 Å². The van der Waals surface area contributed by atoms with E-state index in [-0.39, 0.29) is 22.3 Å². The van der Waals surface area contributed by atoms with E-state index in [1.165, 1.54) is 0 Å². The van der Waals surface area contributed by atoms with Gasteiger partial charge in [-0.05, 0) is 56.5 Å². The molecule has 10 nitrogen and oxygen atoms in total. The van der Waals surface area contributed by atoms with Crippen LogP contribution in [0.4, 0.5) is 11.4 Å². The molecule has 2 aliphatic rings. The lowest BCUT2D eigenvalue weighted by Gasteiger charge is -2.28. The van der Waals surface area contributed by atoms with Crippen molar-refractivity contribution in [3.8, 4) is 11.8 Å². The Labute approximate surface area is 203 Å². The summed E-state index contributed by atoms with van der Waals surface area (Å²) in [4.78, 5) is 26.0. The van der Waals surface area contributed by atoms with Gasteiger partial charge in [0.05, 0.1) is 29.9 Å². The smallest absolute Gasteiger partial charge is 0.294 e. The second kappa shape index (κ2) is 10.7. The molecule has 1 amide bonds. The molecular formula is C25H29N5O5. The summed E-state index contributed by atoms with van der Waals surface area (Å²) in [5.41, 5.74) is 3.54. The van der Waals surface area contributed by atoms with Crippen LogP contribution < -0.4 is 10.2 Å². The van der Waals surface area contributed by atoms with Gasteiger partial charge >= 0.3 is 0 Å². The summed E-state index contributed by atoms with van der Waals surface area (Å²) >= 11 is 0. The Morgan fingerprint density at radius 3 is 2.71 bits per heavy atom. The van der Waals surface area contributed by atoms with Gasteiger partial charge in [-0.25, -0.2) is 0 Å². The van der Waals surface area contributed by atoms with Gasteiger partial charge in [0.2, 0.25) is 0 Å². The summed E-state index contributed by atoms with van der Waals surface area (Å²) in [5.74, 6) is -0.446. The van der Waals surface area contributed by atoms with E-state index in [0.29, 0.717) is 56.4 Å². The number of aromatic nitrogens is 1. The predicted molar refractivity (Wildman–Crippen MR) is 131 cm³/mol. The van der Waals surface area contributed by atoms with Crippen molar-refractivity contribution in [2.45, 2.75) is 32.8 Å². The molecule has 0 unspecified atom stereocenters. The number of benzene rings is 1. The van der Waals surface area contributed by atoms with E-state index in [1.54, 1.807) is 18.2 Å². The van der Waals surface area contributed by atoms with Gasteiger partial charge in [-0.3, -0.25) is 14.9 Å². The predicted octanol–water partition coefficient (Wildman–Crippen LogP) is 3.04. The lowest BCUT2D eigenvalue weighted by atomic mass is 10.1. The lowest BCUT2D eigenvalue weighted by Crippen LogP contribution is -2.36. The molecule has 2 aromatic rings. The van der Waals surface area contributed by atoms with E-state index < -0.39 is 5.91 Å². The SMILES string of the molecule is Cc1cc(/C=C(\C#N)C(=O)NC[C@H]2CCCO2)c(C)n1-c1ccc(N2CCOCC2)c([N+](=O)[O-])c1. The van der Waals surface area contributed by atoms with Crippen molar-refractivity contribution in [2.24, 2.45) is 0 Å². The van der Waals surface area contributed by atoms with Crippen LogP contribution in [0.25, 0.3) is 11.8 Å². The van der Waals surface area contributed by atoms with Crippen LogP contribution in [-0.4, -0.2) is 61.0 Å². The fraction of sp³-hybridized carbons (Fsp3) is 0.440. The Balaban J connectivity index is 1.61. The van der Waals surface area contributed by atoms with Crippen molar-refractivity contribution in [1.29, 1.82) is 5.26 Å². The van der Waals surface area contributed by atoms with Crippen molar-refractivity contribution in [3.05, 3.63) is 56.9 Å². The van der Waals surface area contributed by atoms with Crippen LogP contribution in [-0.2, 0) is 14.3 Å². The van der Waals surface area contributed by atoms with E-state index in [4.69, 9.17) is 9.47 Å². The number of amides is 1. The van der Waals surface area contributed by atoms with Crippen molar-refractivity contribution < 1.29 is 19.2 Å². The highest BCUT2D eigenvalue weighted by atomic mass is 16.6. The van der Waals surface area contributed by atoms with E-state index in [0.717, 1.165) is 24.2 Å². The summed E-state index contributed by atoms with van der Waals surface area (Å²) in [6, 6.07) is 9.04. The van der Waals surface area contributed by atoms with Gasteiger partial charge in [0.1, 0.15) is 17.3 Å². The number of nitro benzene ring substituents is 1. The third kappa shape index (κ3) is 5.37. The number of ether oxygens (including phenoxy) is 2. The molecule has 1 aromatic carbocycles. The molecule has 10 heteroatoms. The van der Waals surface area contributed by atoms with Crippen LogP contribution in [0.15, 0.2) is 29.8 Å². The number of morpholine rings is 1. The van der Waals surface area contributed by atoms with Gasteiger partial charge in [-0.15, -0.1) is 0 Å². The maximum absolute atomic E-state index is 12.6. The van der Waals surface area contributed by atoms with Crippen molar-refractivity contribution in [2.75, 3.05) is 44.4 Å². The average Bonchev–Trinajstić information content (AvgIpc) is 3.48. The number of nitrogens with one attached hydrogen (secondary N) is 1. The standard InChI is InChI=1S/C25H29N5O5/c1-17-12-19(13-20(15-26)25(31)27-16-22-4-3-9-35-22)18(2)29(17)21-5-6-23(24(14-21)30(32)33)28-7-10-34-11-8-28/h5-6,12-14,22H,3-4,7-11,16H2,1-2H3,(H,27,31)/b20-13+/t22-/m1/s1. The third-order valence-corrected chi connectivity index (χ3v) is 6.42. The maximum atomic E-state index is 12.6. The van der Waals surface area contributed by atoms with Gasteiger partial charge < -0.3 is 24.3 Å². The first kappa shape index (κ1) is 24.4. The zero-order chi connectivity index (χ0) is 24.9. The fourth-order valence-electron chi connectivity index (χ4n) is 4.61. The number of nitro groups is 1. The Bertz CT molecular complexity index is 1180. The minimum atomic E-state index is -0.446. The average molecular weight is 480 g/mol. The van der Waals surface area contributed by atoms with E-state index in [1.807, 2.05) is 41.5 Å². The molecule has 1 N–H and O–H groups in total. The number of rotatable bonds is 7. The van der Waals surface area contributed by atoms with Crippen molar-refractivity contribution in [3.63, 3.8) is 0 Å². The first-order valence-corrected chi connectivity index (χ1v) is 11.7. The summed E-state index contributed by atoms with van der Waals surface area (Å²) in [5, 5.41) is 24.2. The highest BCUT2D eigenvalue weighted by molar-refractivity contribution is 6.01. The first-order chi connectivity index (χ1) is 16.9. The van der Waals surface area contributed by atoms with E-state index in [9.17, 15) is 20.2 Å². The number of carbonyl (C=O) groups excluding carboxylic acids is 1. The van der Waals surface area contributed by atoms with E-state index >= 15 is 0 Å². The minimum Gasteiger partial charge on any atom is -0.378 e. The van der Waals surface area contributed by atoms with Crippen LogP contribution in [0.3, 0.4) is 0 Å². The number of hydrogen-bond donors (Lipinski definition) is 1. The zero-order valence-electron chi connectivity index (χ0n) is 20.0. The Morgan fingerprint density at radius 1 is 1.29 bits per heavy atom. The highest BCUT2D eigenvalue weighted by Gasteiger charge is 2.23. The summed E-state index contributed by atoms with van der Waals surface area (Å²) in [7, 11) is 0. The normalized spacial score (nSPS) is 18.4. The molecule has 184 valence electrons. The van der Waals surface area contributed by atoms with Gasteiger partial charge in [-0.1, -0.05) is 0 Å². The molecule has 2 saturated heterocycles. The summed E-state index contributed by atoms with van der Waals surface area (Å²) < 4.78 is 12.8. The molecule has 2 aliphatic heterocycles. The second-order valence-corrected chi connectivity index (χ2v) is 8.71. The Hall–Kier alpha value is -3.68. The fourth-order valence-corrected chi connectivity index (χ4v) is 4.61. The van der Waals surface area contributed by atoms with Crippen LogP contribution in [0.5, 0.6) is 0 Å². The third-order valence-electron chi connectivity index (χ3n) is 6.42. The summed E-state index contributed by atoms with van der Waals surface area (Å²) in [6.07, 6.45) is 3.41. The highest BCUT2D eigenvalue weighted by Crippen LogP contribution is 2.33. The number of hydrogen-bond acceptors (Lipinski definition) is 7. The molecule has 35 heavy (non-hydrogen) atoms. The molecule has 0 saturated carbocycles. The Kier molecular flexibility index (Phi) is 7.48. The molecule has 1 atom stereocenters. The van der Waals surface area contributed by atoms with Gasteiger partial charge in [0, 0.05) is 43.7 Å². The largest absolute Gasteiger partial charge is 0.378 e. The molecule has 0 spiro atoms. The van der Waals surface area contributed by atoms with Gasteiger partial charge in [0.15, 0.2) is 0 Å². The van der Waals surface area contributed by atoms with Crippen LogP contribution in [0.2, 0.25) is 0 Å².